The number of alkyl halides is 2. The fourth-order valence-corrected chi connectivity index (χ4v) is 6.36. The summed E-state index contributed by atoms with van der Waals surface area (Å²) in [6.07, 6.45) is 8.09. The van der Waals surface area contributed by atoms with Gasteiger partial charge in [0.2, 0.25) is 11.8 Å². The monoisotopic (exact) mass is 573 g/mol. The van der Waals surface area contributed by atoms with Crippen LogP contribution in [0.5, 0.6) is 0 Å². The first-order chi connectivity index (χ1) is 19.1. The lowest BCUT2D eigenvalue weighted by atomic mass is 9.77. The van der Waals surface area contributed by atoms with Crippen LogP contribution in [0.25, 0.3) is 5.65 Å². The summed E-state index contributed by atoms with van der Waals surface area (Å²) in [5.74, 6) is -2.82. The molecule has 2 fully saturated rings. The lowest BCUT2D eigenvalue weighted by Crippen LogP contribution is -2.37. The molecular formula is C28H37F2N7O2S. The normalized spacial score (nSPS) is 19.4. The molecule has 2 amide bonds. The van der Waals surface area contributed by atoms with E-state index in [0.29, 0.717) is 23.7 Å². The Balaban J connectivity index is 1.45. The molecule has 2 aliphatic carbocycles. The fourth-order valence-electron chi connectivity index (χ4n) is 5.72. The quantitative estimate of drug-likeness (QED) is 0.319. The van der Waals surface area contributed by atoms with Crippen molar-refractivity contribution in [3.05, 3.63) is 40.3 Å². The zero-order valence-corrected chi connectivity index (χ0v) is 24.0. The van der Waals surface area contributed by atoms with Crippen molar-refractivity contribution in [1.29, 1.82) is 0 Å². The molecule has 0 radical (unpaired) electrons. The van der Waals surface area contributed by atoms with Crippen molar-refractivity contribution in [3.63, 3.8) is 0 Å². The number of aromatic nitrogens is 5. The largest absolute Gasteiger partial charge is 0.349 e. The average molecular weight is 574 g/mol. The minimum Gasteiger partial charge on any atom is -0.349 e. The molecule has 0 saturated heterocycles. The van der Waals surface area contributed by atoms with Crippen LogP contribution in [0.15, 0.2) is 18.5 Å². The predicted molar refractivity (Wildman–Crippen MR) is 147 cm³/mol. The molecule has 2 aliphatic rings. The molecule has 0 aromatic carbocycles. The lowest BCUT2D eigenvalue weighted by Gasteiger charge is -2.34. The number of carbonyl (C=O) groups is 2. The molecule has 12 heteroatoms. The van der Waals surface area contributed by atoms with E-state index in [9.17, 15) is 18.4 Å². The Kier molecular flexibility index (Phi) is 8.44. The van der Waals surface area contributed by atoms with Crippen LogP contribution in [-0.4, -0.2) is 41.9 Å². The maximum absolute atomic E-state index is 14.0. The molecule has 0 unspecified atom stereocenters. The second-order valence-electron chi connectivity index (χ2n) is 11.5. The van der Waals surface area contributed by atoms with Crippen molar-refractivity contribution in [2.75, 3.05) is 0 Å². The molecule has 3 aromatic rings. The van der Waals surface area contributed by atoms with Gasteiger partial charge in [-0.2, -0.15) is 5.10 Å². The minimum atomic E-state index is -2.69. The highest BCUT2D eigenvalue weighted by atomic mass is 32.1. The molecule has 0 bridgehead atoms. The number of hydrogen-bond acceptors (Lipinski definition) is 7. The first-order valence-corrected chi connectivity index (χ1v) is 15.1. The second-order valence-corrected chi connectivity index (χ2v) is 12.3. The Bertz CT molecular complexity index is 1340. The number of carbonyl (C=O) groups excluding carboxylic acids is 2. The van der Waals surface area contributed by atoms with Gasteiger partial charge < -0.3 is 10.6 Å². The molecule has 40 heavy (non-hydrogen) atoms. The molecule has 0 aliphatic heterocycles. The third-order valence-corrected chi connectivity index (χ3v) is 9.25. The summed E-state index contributed by atoms with van der Waals surface area (Å²) < 4.78 is 33.7. The summed E-state index contributed by atoms with van der Waals surface area (Å²) in [5, 5.41) is 14.9. The van der Waals surface area contributed by atoms with Crippen LogP contribution in [0.2, 0.25) is 0 Å². The van der Waals surface area contributed by atoms with Gasteiger partial charge in [-0.3, -0.25) is 9.59 Å². The third-order valence-electron chi connectivity index (χ3n) is 8.23. The van der Waals surface area contributed by atoms with Gasteiger partial charge in [0.05, 0.1) is 35.0 Å². The summed E-state index contributed by atoms with van der Waals surface area (Å²) >= 11 is 1.19. The summed E-state index contributed by atoms with van der Waals surface area (Å²) in [6, 6.07) is 1.22. The minimum absolute atomic E-state index is 0.0254. The van der Waals surface area contributed by atoms with Crippen LogP contribution < -0.4 is 10.6 Å². The van der Waals surface area contributed by atoms with Crippen molar-refractivity contribution in [1.82, 2.24) is 34.8 Å². The number of rotatable bonds is 10. The van der Waals surface area contributed by atoms with E-state index in [0.717, 1.165) is 36.1 Å². The average Bonchev–Trinajstić information content (AvgIpc) is 3.53. The summed E-state index contributed by atoms with van der Waals surface area (Å²) in [5.41, 5.74) is 2.31. The number of fused-ring (bicyclic) bond motifs is 1. The van der Waals surface area contributed by atoms with Crippen molar-refractivity contribution in [3.8, 4) is 0 Å². The maximum Gasteiger partial charge on any atom is 0.273 e. The van der Waals surface area contributed by atoms with Crippen molar-refractivity contribution in [2.45, 2.75) is 102 Å². The van der Waals surface area contributed by atoms with Crippen LogP contribution in [0.1, 0.15) is 123 Å². The number of nitrogens with zero attached hydrogens (tertiary/aromatic N) is 5. The Morgan fingerprint density at radius 2 is 1.85 bits per heavy atom. The first kappa shape index (κ1) is 28.5. The van der Waals surface area contributed by atoms with E-state index in [1.165, 1.54) is 11.5 Å². The molecule has 2 N–H and O–H groups in total. The van der Waals surface area contributed by atoms with Crippen LogP contribution in [-0.2, 0) is 4.79 Å². The third kappa shape index (κ3) is 6.16. The Labute approximate surface area is 236 Å². The van der Waals surface area contributed by atoms with E-state index >= 15 is 0 Å². The van der Waals surface area contributed by atoms with Gasteiger partial charge in [-0.15, -0.1) is 5.10 Å². The van der Waals surface area contributed by atoms with Crippen LogP contribution in [0.3, 0.4) is 0 Å². The molecule has 5 rings (SSSR count). The summed E-state index contributed by atoms with van der Waals surface area (Å²) in [4.78, 5) is 31.4. The van der Waals surface area contributed by atoms with Crippen molar-refractivity contribution >= 4 is 29.0 Å². The second kappa shape index (κ2) is 11.8. The number of amides is 2. The number of halogens is 2. The maximum atomic E-state index is 14.0. The van der Waals surface area contributed by atoms with E-state index in [-0.39, 0.29) is 61.1 Å². The molecule has 9 nitrogen and oxygen atoms in total. The molecule has 3 heterocycles. The van der Waals surface area contributed by atoms with Gasteiger partial charge in [0.25, 0.3) is 5.91 Å². The highest BCUT2D eigenvalue weighted by molar-refractivity contribution is 7.05. The molecule has 2 atom stereocenters. The molecular weight excluding hydrogens is 536 g/mol. The van der Waals surface area contributed by atoms with E-state index in [2.05, 4.69) is 25.3 Å². The summed E-state index contributed by atoms with van der Waals surface area (Å²) in [7, 11) is 0. The van der Waals surface area contributed by atoms with Gasteiger partial charge in [-0.25, -0.2) is 18.3 Å². The van der Waals surface area contributed by atoms with Crippen molar-refractivity contribution < 1.29 is 18.4 Å². The van der Waals surface area contributed by atoms with E-state index < -0.39 is 12.0 Å². The van der Waals surface area contributed by atoms with Gasteiger partial charge in [0, 0.05) is 19.3 Å². The van der Waals surface area contributed by atoms with Gasteiger partial charge >= 0.3 is 0 Å². The van der Waals surface area contributed by atoms with Gasteiger partial charge in [0.1, 0.15) is 0 Å². The van der Waals surface area contributed by atoms with Gasteiger partial charge in [0.15, 0.2) is 11.3 Å². The molecule has 216 valence electrons. The number of nitrogens with one attached hydrogen (secondary N) is 2. The molecule has 0 spiro atoms. The van der Waals surface area contributed by atoms with Crippen LogP contribution in [0, 0.1) is 11.8 Å². The van der Waals surface area contributed by atoms with Gasteiger partial charge in [-0.1, -0.05) is 31.7 Å². The zero-order valence-electron chi connectivity index (χ0n) is 23.2. The Hall–Kier alpha value is -3.02. The lowest BCUT2D eigenvalue weighted by molar-refractivity contribution is -0.122. The van der Waals surface area contributed by atoms with Crippen molar-refractivity contribution in [2.24, 2.45) is 11.8 Å². The first-order valence-electron chi connectivity index (χ1n) is 14.3. The van der Waals surface area contributed by atoms with E-state index in [1.807, 2.05) is 26.8 Å². The summed E-state index contributed by atoms with van der Waals surface area (Å²) in [6.45, 7) is 5.92. The topological polar surface area (TPSA) is 114 Å². The van der Waals surface area contributed by atoms with Crippen LogP contribution >= 0.6 is 11.5 Å². The number of hydrogen-bond donors (Lipinski definition) is 2. The van der Waals surface area contributed by atoms with Gasteiger partial charge in [-0.05, 0) is 73.0 Å². The Morgan fingerprint density at radius 3 is 2.50 bits per heavy atom. The Morgan fingerprint density at radius 1 is 1.12 bits per heavy atom. The smallest absolute Gasteiger partial charge is 0.273 e. The SMILES string of the molecule is CCCC(=O)N[C@@H](c1cnn2cc([C@@H](NC(=O)c3nnsc3C(C)C)C3CCC(F)(F)CC3)nc2c1)C1CCC1. The highest BCUT2D eigenvalue weighted by Crippen LogP contribution is 2.42. The fraction of sp³-hybridized carbons (Fsp3) is 0.643. The molecule has 3 aromatic heterocycles. The standard InChI is InChI=1S/C28H37F2N7O2S/c1-4-6-22(38)33-23(17-7-5-8-17)19-13-21-32-20(15-37(21)31-14-19)24(18-9-11-28(29,30)12-10-18)34-27(39)25-26(16(2)3)40-36-35-25/h13-18,23-24H,4-12H2,1-3H3,(H,33,38)(H,34,39)/t23-,24+/m1/s1. The molecule has 2 saturated carbocycles. The zero-order chi connectivity index (χ0) is 28.4. The highest BCUT2D eigenvalue weighted by Gasteiger charge is 2.40. The van der Waals surface area contributed by atoms with E-state index in [1.54, 1.807) is 16.9 Å². The number of imidazole rings is 1. The predicted octanol–water partition coefficient (Wildman–Crippen LogP) is 5.76. The van der Waals surface area contributed by atoms with E-state index in [4.69, 9.17) is 4.98 Å². The van der Waals surface area contributed by atoms with Crippen LogP contribution in [0.4, 0.5) is 8.78 Å².